The molecular formula is C16H20F3N3O. The Morgan fingerprint density at radius 3 is 2.78 bits per heavy atom. The second-order valence-electron chi connectivity index (χ2n) is 5.77. The van der Waals surface area contributed by atoms with Gasteiger partial charge in [0.2, 0.25) is 0 Å². The van der Waals surface area contributed by atoms with E-state index in [2.05, 4.69) is 10.3 Å². The third-order valence-corrected chi connectivity index (χ3v) is 3.96. The molecule has 2 rings (SSSR count). The van der Waals surface area contributed by atoms with Crippen LogP contribution in [0.1, 0.15) is 24.0 Å². The average molecular weight is 327 g/mol. The number of aliphatic imine (C=N–C) groups is 1. The molecule has 1 atom stereocenters. The first kappa shape index (κ1) is 17.3. The predicted molar refractivity (Wildman–Crippen MR) is 82.7 cm³/mol. The number of amides is 2. The highest BCUT2D eigenvalue weighted by atomic mass is 19.4. The molecule has 1 unspecified atom stereocenters. The van der Waals surface area contributed by atoms with Gasteiger partial charge in [0, 0.05) is 20.3 Å². The quantitative estimate of drug-likeness (QED) is 0.852. The molecule has 126 valence electrons. The molecule has 23 heavy (non-hydrogen) atoms. The van der Waals surface area contributed by atoms with Crippen molar-refractivity contribution in [2.45, 2.75) is 31.0 Å². The van der Waals surface area contributed by atoms with E-state index < -0.39 is 24.3 Å². The molecule has 2 amide bonds. The van der Waals surface area contributed by atoms with Crippen molar-refractivity contribution in [3.63, 3.8) is 0 Å². The molecule has 0 saturated carbocycles. The highest BCUT2D eigenvalue weighted by Gasteiger charge is 2.38. The smallest absolute Gasteiger partial charge is 0.323 e. The van der Waals surface area contributed by atoms with E-state index in [0.29, 0.717) is 11.3 Å². The van der Waals surface area contributed by atoms with Gasteiger partial charge in [0.25, 0.3) is 0 Å². The lowest BCUT2D eigenvalue weighted by Gasteiger charge is -2.38. The molecule has 0 fully saturated rings. The molecule has 1 aromatic carbocycles. The number of urea groups is 1. The van der Waals surface area contributed by atoms with Gasteiger partial charge in [0.05, 0.1) is 0 Å². The van der Waals surface area contributed by atoms with E-state index >= 15 is 0 Å². The molecule has 4 nitrogen and oxygen atoms in total. The topological polar surface area (TPSA) is 44.7 Å². The largest absolute Gasteiger partial charge is 0.406 e. The van der Waals surface area contributed by atoms with E-state index in [4.69, 9.17) is 0 Å². The van der Waals surface area contributed by atoms with Crippen LogP contribution in [0.3, 0.4) is 0 Å². The zero-order valence-corrected chi connectivity index (χ0v) is 13.2. The number of rotatable bonds is 3. The fourth-order valence-electron chi connectivity index (χ4n) is 3.01. The number of fused-ring (bicyclic) bond motifs is 1. The van der Waals surface area contributed by atoms with Crippen molar-refractivity contribution in [3.05, 3.63) is 35.4 Å². The maximum absolute atomic E-state index is 12.5. The van der Waals surface area contributed by atoms with Crippen molar-refractivity contribution >= 4 is 12.2 Å². The van der Waals surface area contributed by atoms with Gasteiger partial charge in [-0.3, -0.25) is 4.99 Å². The normalized spacial score (nSPS) is 21.1. The number of carbonyl (C=O) groups excluding carboxylic acids is 1. The molecule has 0 spiro atoms. The fourth-order valence-corrected chi connectivity index (χ4v) is 3.01. The molecular weight excluding hydrogens is 307 g/mol. The number of benzene rings is 1. The van der Waals surface area contributed by atoms with Crippen LogP contribution >= 0.6 is 0 Å². The van der Waals surface area contributed by atoms with Crippen molar-refractivity contribution in [2.24, 2.45) is 4.99 Å². The van der Waals surface area contributed by atoms with Gasteiger partial charge in [-0.15, -0.1) is 0 Å². The maximum Gasteiger partial charge on any atom is 0.406 e. The molecule has 0 heterocycles. The summed E-state index contributed by atoms with van der Waals surface area (Å²) in [5.74, 6) is 0. The maximum atomic E-state index is 12.5. The van der Waals surface area contributed by atoms with Crippen LogP contribution in [0.2, 0.25) is 0 Å². The van der Waals surface area contributed by atoms with Crippen molar-refractivity contribution < 1.29 is 18.0 Å². The Labute approximate surface area is 133 Å². The molecule has 1 aliphatic carbocycles. The molecule has 0 saturated heterocycles. The first-order valence-corrected chi connectivity index (χ1v) is 7.39. The number of carbonyl (C=O) groups is 1. The Bertz CT molecular complexity index is 600. The van der Waals surface area contributed by atoms with E-state index in [1.807, 2.05) is 24.3 Å². The van der Waals surface area contributed by atoms with Crippen molar-refractivity contribution in [3.8, 4) is 0 Å². The number of halogens is 3. The lowest BCUT2D eigenvalue weighted by Crippen LogP contribution is -2.54. The standard InChI is InChI=1S/C16H20F3N3O/c1-20-10-15(21-14(23)22(2)11-16(17,18)19)9-5-7-12-6-3-4-8-13(12)15/h3-4,6,8,10H,5,7,9,11H2,1-2H3,(H,21,23). The number of hydrogen-bond donors (Lipinski definition) is 1. The van der Waals surface area contributed by atoms with E-state index in [1.165, 1.54) is 0 Å². The van der Waals surface area contributed by atoms with E-state index in [0.717, 1.165) is 31.0 Å². The summed E-state index contributed by atoms with van der Waals surface area (Å²) in [6.07, 6.45) is -0.504. The first-order chi connectivity index (χ1) is 10.8. The van der Waals surface area contributed by atoms with Gasteiger partial charge in [0.15, 0.2) is 0 Å². The first-order valence-electron chi connectivity index (χ1n) is 7.39. The Balaban J connectivity index is 2.28. The molecule has 0 aliphatic heterocycles. The second kappa shape index (κ2) is 6.60. The highest BCUT2D eigenvalue weighted by Crippen LogP contribution is 2.34. The number of alkyl halides is 3. The van der Waals surface area contributed by atoms with Crippen LogP contribution in [0.15, 0.2) is 29.3 Å². The minimum atomic E-state index is -4.43. The van der Waals surface area contributed by atoms with Gasteiger partial charge in [-0.2, -0.15) is 13.2 Å². The van der Waals surface area contributed by atoms with E-state index in [1.54, 1.807) is 13.3 Å². The summed E-state index contributed by atoms with van der Waals surface area (Å²) in [4.78, 5) is 16.9. The summed E-state index contributed by atoms with van der Waals surface area (Å²) >= 11 is 0. The SMILES string of the molecule is CN=CC1(NC(=O)N(C)CC(F)(F)F)CCCc2ccccc21. The molecule has 0 aromatic heterocycles. The van der Waals surface area contributed by atoms with E-state index in [9.17, 15) is 18.0 Å². The Morgan fingerprint density at radius 1 is 1.43 bits per heavy atom. The summed E-state index contributed by atoms with van der Waals surface area (Å²) < 4.78 is 37.4. The Hall–Kier alpha value is -2.05. The lowest BCUT2D eigenvalue weighted by molar-refractivity contribution is -0.137. The second-order valence-corrected chi connectivity index (χ2v) is 5.77. The minimum Gasteiger partial charge on any atom is -0.323 e. The molecule has 7 heteroatoms. The Morgan fingerprint density at radius 2 is 2.13 bits per heavy atom. The van der Waals surface area contributed by atoms with Gasteiger partial charge >= 0.3 is 12.2 Å². The van der Waals surface area contributed by atoms with Gasteiger partial charge in [0.1, 0.15) is 12.1 Å². The van der Waals surface area contributed by atoms with Crippen molar-refractivity contribution in [1.29, 1.82) is 0 Å². The molecule has 1 aromatic rings. The zero-order valence-electron chi connectivity index (χ0n) is 13.2. The minimum absolute atomic E-state index is 0.604. The summed E-state index contributed by atoms with van der Waals surface area (Å²) in [6.45, 7) is -1.29. The van der Waals surface area contributed by atoms with Crippen LogP contribution < -0.4 is 5.32 Å². The fraction of sp³-hybridized carbons (Fsp3) is 0.500. The number of nitrogens with zero attached hydrogens (tertiary/aromatic N) is 2. The predicted octanol–water partition coefficient (Wildman–Crippen LogP) is 3.12. The lowest BCUT2D eigenvalue weighted by atomic mass is 9.77. The van der Waals surface area contributed by atoms with Crippen LogP contribution in [-0.4, -0.2) is 44.0 Å². The van der Waals surface area contributed by atoms with Crippen molar-refractivity contribution in [2.75, 3.05) is 20.6 Å². The zero-order chi connectivity index (χ0) is 17.1. The summed E-state index contributed by atoms with van der Waals surface area (Å²) in [5, 5.41) is 2.75. The molecule has 0 radical (unpaired) electrons. The Kier molecular flexibility index (Phi) is 4.97. The number of hydrogen-bond acceptors (Lipinski definition) is 2. The third kappa shape index (κ3) is 4.03. The van der Waals surface area contributed by atoms with Gasteiger partial charge < -0.3 is 10.2 Å². The molecule has 1 N–H and O–H groups in total. The van der Waals surface area contributed by atoms with Crippen LogP contribution in [0.5, 0.6) is 0 Å². The number of aryl methyl sites for hydroxylation is 1. The van der Waals surface area contributed by atoms with Gasteiger partial charge in [-0.25, -0.2) is 4.79 Å². The molecule has 0 bridgehead atoms. The van der Waals surface area contributed by atoms with Gasteiger partial charge in [-0.1, -0.05) is 24.3 Å². The van der Waals surface area contributed by atoms with Crippen LogP contribution in [-0.2, 0) is 12.0 Å². The van der Waals surface area contributed by atoms with Crippen LogP contribution in [0, 0.1) is 0 Å². The summed E-state index contributed by atoms with van der Waals surface area (Å²) in [7, 11) is 2.72. The van der Waals surface area contributed by atoms with Crippen molar-refractivity contribution in [1.82, 2.24) is 10.2 Å². The number of nitrogens with one attached hydrogen (secondary N) is 1. The monoisotopic (exact) mass is 327 g/mol. The third-order valence-electron chi connectivity index (χ3n) is 3.96. The summed E-state index contributed by atoms with van der Waals surface area (Å²) in [6, 6.07) is 6.86. The highest BCUT2D eigenvalue weighted by molar-refractivity contribution is 5.84. The van der Waals surface area contributed by atoms with Crippen LogP contribution in [0.25, 0.3) is 0 Å². The average Bonchev–Trinajstić information content (AvgIpc) is 2.46. The molecule has 1 aliphatic rings. The van der Waals surface area contributed by atoms with E-state index in [-0.39, 0.29) is 0 Å². The van der Waals surface area contributed by atoms with Crippen LogP contribution in [0.4, 0.5) is 18.0 Å². The van der Waals surface area contributed by atoms with Gasteiger partial charge in [-0.05, 0) is 30.4 Å². The summed E-state index contributed by atoms with van der Waals surface area (Å²) in [5.41, 5.74) is 1.11.